The second-order valence-corrected chi connectivity index (χ2v) is 6.85. The van der Waals surface area contributed by atoms with E-state index in [-0.39, 0.29) is 36.2 Å². The van der Waals surface area contributed by atoms with Crippen molar-refractivity contribution in [2.24, 2.45) is 11.8 Å². The summed E-state index contributed by atoms with van der Waals surface area (Å²) in [6.45, 7) is 5.20. The van der Waals surface area contributed by atoms with E-state index in [0.29, 0.717) is 17.5 Å². The Kier molecular flexibility index (Phi) is 6.24. The number of piperidine rings is 1. The number of halogens is 1. The van der Waals surface area contributed by atoms with Crippen molar-refractivity contribution in [1.82, 2.24) is 10.6 Å². The third kappa shape index (κ3) is 4.48. The Morgan fingerprint density at radius 3 is 2.42 bits per heavy atom. The van der Waals surface area contributed by atoms with Crippen LogP contribution in [0.1, 0.15) is 43.5 Å². The van der Waals surface area contributed by atoms with Crippen molar-refractivity contribution in [3.63, 3.8) is 0 Å². The summed E-state index contributed by atoms with van der Waals surface area (Å²) in [4.78, 5) is 24.2. The Morgan fingerprint density at radius 2 is 1.83 bits per heavy atom. The summed E-state index contributed by atoms with van der Waals surface area (Å²) >= 11 is 0. The molecule has 3 N–H and O–H groups in total. The molecule has 1 heterocycles. The fourth-order valence-corrected chi connectivity index (χ4v) is 3.12. The van der Waals surface area contributed by atoms with Crippen LogP contribution in [0.25, 0.3) is 0 Å². The Morgan fingerprint density at radius 1 is 1.17 bits per heavy atom. The minimum absolute atomic E-state index is 0. The summed E-state index contributed by atoms with van der Waals surface area (Å²) < 4.78 is 0. The van der Waals surface area contributed by atoms with Gasteiger partial charge in [-0.3, -0.25) is 9.59 Å². The zero-order valence-electron chi connectivity index (χ0n) is 14.2. The average Bonchev–Trinajstić information content (AvgIpc) is 3.27. The number of amides is 2. The van der Waals surface area contributed by atoms with E-state index in [4.69, 9.17) is 0 Å². The summed E-state index contributed by atoms with van der Waals surface area (Å²) in [6, 6.07) is 7.59. The molecule has 1 saturated heterocycles. The maximum absolute atomic E-state index is 12.3. The van der Waals surface area contributed by atoms with E-state index in [2.05, 4.69) is 29.8 Å². The first-order valence-corrected chi connectivity index (χ1v) is 8.50. The number of anilines is 1. The van der Waals surface area contributed by atoms with Gasteiger partial charge in [-0.1, -0.05) is 6.92 Å². The molecule has 4 unspecified atom stereocenters. The summed E-state index contributed by atoms with van der Waals surface area (Å²) in [6.07, 6.45) is 3.06. The van der Waals surface area contributed by atoms with Crippen LogP contribution in [-0.2, 0) is 4.79 Å². The van der Waals surface area contributed by atoms with Crippen molar-refractivity contribution in [1.29, 1.82) is 0 Å². The molecule has 0 spiro atoms. The van der Waals surface area contributed by atoms with Gasteiger partial charge in [-0.05, 0) is 62.9 Å². The van der Waals surface area contributed by atoms with Gasteiger partial charge in [-0.15, -0.1) is 12.4 Å². The third-order valence-electron chi connectivity index (χ3n) is 4.94. The van der Waals surface area contributed by atoms with Crippen LogP contribution >= 0.6 is 12.4 Å². The highest BCUT2D eigenvalue weighted by molar-refractivity contribution is 5.97. The molecular weight excluding hydrogens is 326 g/mol. The van der Waals surface area contributed by atoms with Crippen LogP contribution in [0.5, 0.6) is 0 Å². The van der Waals surface area contributed by atoms with Gasteiger partial charge in [0, 0.05) is 29.3 Å². The summed E-state index contributed by atoms with van der Waals surface area (Å²) in [7, 11) is 0. The lowest BCUT2D eigenvalue weighted by molar-refractivity contribution is -0.117. The Balaban J connectivity index is 0.00000208. The number of benzene rings is 1. The lowest BCUT2D eigenvalue weighted by Crippen LogP contribution is -2.51. The van der Waals surface area contributed by atoms with Crippen LogP contribution in [0.4, 0.5) is 5.69 Å². The van der Waals surface area contributed by atoms with Crippen molar-refractivity contribution >= 4 is 29.9 Å². The van der Waals surface area contributed by atoms with Crippen molar-refractivity contribution < 1.29 is 9.59 Å². The first-order valence-electron chi connectivity index (χ1n) is 8.50. The molecule has 1 aliphatic carbocycles. The lowest BCUT2D eigenvalue weighted by Gasteiger charge is -2.30. The number of carbonyl (C=O) groups excluding carboxylic acids is 2. The van der Waals surface area contributed by atoms with E-state index in [0.717, 1.165) is 31.5 Å². The van der Waals surface area contributed by atoms with Crippen LogP contribution in [0, 0.1) is 11.8 Å². The van der Waals surface area contributed by atoms with Gasteiger partial charge in [0.2, 0.25) is 5.91 Å². The molecule has 1 saturated carbocycles. The van der Waals surface area contributed by atoms with E-state index < -0.39 is 0 Å². The predicted molar refractivity (Wildman–Crippen MR) is 97.5 cm³/mol. The maximum atomic E-state index is 12.3. The van der Waals surface area contributed by atoms with Gasteiger partial charge in [-0.25, -0.2) is 0 Å². The van der Waals surface area contributed by atoms with Crippen molar-refractivity contribution in [3.05, 3.63) is 29.8 Å². The fourth-order valence-electron chi connectivity index (χ4n) is 3.12. The van der Waals surface area contributed by atoms with Crippen molar-refractivity contribution in [2.75, 3.05) is 11.9 Å². The summed E-state index contributed by atoms with van der Waals surface area (Å²) in [5.74, 6) is 0.667. The molecule has 0 aromatic heterocycles. The maximum Gasteiger partial charge on any atom is 0.251 e. The molecule has 2 fully saturated rings. The quantitative estimate of drug-likeness (QED) is 0.780. The second-order valence-electron chi connectivity index (χ2n) is 6.85. The third-order valence-corrected chi connectivity index (χ3v) is 4.94. The molecular formula is C18H26ClN3O2. The van der Waals surface area contributed by atoms with Crippen molar-refractivity contribution in [2.45, 2.75) is 45.2 Å². The SMILES string of the molecule is CC1CC1C(=O)Nc1ccc(C(=O)NC2CCCNC2C)cc1.Cl. The minimum Gasteiger partial charge on any atom is -0.348 e. The Labute approximate surface area is 149 Å². The van der Waals surface area contributed by atoms with E-state index in [1.807, 2.05) is 0 Å². The highest BCUT2D eigenvalue weighted by atomic mass is 35.5. The Hall–Kier alpha value is -1.59. The number of rotatable bonds is 4. The smallest absolute Gasteiger partial charge is 0.251 e. The number of nitrogens with one attached hydrogen (secondary N) is 3. The van der Waals surface area contributed by atoms with Crippen LogP contribution < -0.4 is 16.0 Å². The molecule has 6 heteroatoms. The molecule has 0 radical (unpaired) electrons. The number of hydrogen-bond acceptors (Lipinski definition) is 3. The van der Waals surface area contributed by atoms with Gasteiger partial charge in [0.15, 0.2) is 0 Å². The second kappa shape index (κ2) is 7.99. The van der Waals surface area contributed by atoms with Gasteiger partial charge in [0.05, 0.1) is 0 Å². The fraction of sp³-hybridized carbons (Fsp3) is 0.556. The largest absolute Gasteiger partial charge is 0.348 e. The number of hydrogen-bond donors (Lipinski definition) is 3. The molecule has 1 aliphatic heterocycles. The minimum atomic E-state index is -0.0563. The number of carbonyl (C=O) groups is 2. The van der Waals surface area contributed by atoms with E-state index >= 15 is 0 Å². The molecule has 5 nitrogen and oxygen atoms in total. The van der Waals surface area contributed by atoms with Crippen LogP contribution in [0.2, 0.25) is 0 Å². The molecule has 132 valence electrons. The highest BCUT2D eigenvalue weighted by Gasteiger charge is 2.39. The van der Waals surface area contributed by atoms with E-state index in [1.165, 1.54) is 0 Å². The Bertz CT molecular complexity index is 590. The molecule has 1 aromatic rings. The van der Waals surface area contributed by atoms with Gasteiger partial charge in [0.1, 0.15) is 0 Å². The average molecular weight is 352 g/mol. The van der Waals surface area contributed by atoms with Gasteiger partial charge in [-0.2, -0.15) is 0 Å². The standard InChI is InChI=1S/C18H25N3O2.ClH/c1-11-10-15(11)18(23)20-14-7-5-13(6-8-14)17(22)21-16-4-3-9-19-12(16)2;/h5-8,11-12,15-16,19H,3-4,9-10H2,1-2H3,(H,20,23)(H,21,22);1H. The summed E-state index contributed by atoms with van der Waals surface area (Å²) in [5.41, 5.74) is 1.37. The van der Waals surface area contributed by atoms with Crippen LogP contribution in [0.15, 0.2) is 24.3 Å². The molecule has 0 bridgehead atoms. The molecule has 3 rings (SSSR count). The normalized spacial score (nSPS) is 28.4. The molecule has 2 amide bonds. The van der Waals surface area contributed by atoms with Crippen LogP contribution in [0.3, 0.4) is 0 Å². The van der Waals surface area contributed by atoms with Gasteiger partial charge < -0.3 is 16.0 Å². The van der Waals surface area contributed by atoms with Gasteiger partial charge >= 0.3 is 0 Å². The van der Waals surface area contributed by atoms with Crippen LogP contribution in [-0.4, -0.2) is 30.4 Å². The molecule has 2 aliphatic rings. The van der Waals surface area contributed by atoms with Crippen molar-refractivity contribution in [3.8, 4) is 0 Å². The predicted octanol–water partition coefficient (Wildman–Crippen LogP) is 2.57. The lowest BCUT2D eigenvalue weighted by atomic mass is 9.99. The zero-order valence-corrected chi connectivity index (χ0v) is 15.0. The monoisotopic (exact) mass is 351 g/mol. The first-order chi connectivity index (χ1) is 11.0. The molecule has 1 aromatic carbocycles. The van der Waals surface area contributed by atoms with E-state index in [9.17, 15) is 9.59 Å². The topological polar surface area (TPSA) is 70.2 Å². The molecule has 4 atom stereocenters. The summed E-state index contributed by atoms with van der Waals surface area (Å²) in [5, 5.41) is 9.38. The first kappa shape index (κ1) is 18.7. The van der Waals surface area contributed by atoms with Gasteiger partial charge in [0.25, 0.3) is 5.91 Å². The zero-order chi connectivity index (χ0) is 16.4. The van der Waals surface area contributed by atoms with E-state index in [1.54, 1.807) is 24.3 Å². The highest BCUT2D eigenvalue weighted by Crippen LogP contribution is 2.38. The molecule has 24 heavy (non-hydrogen) atoms.